The number of carbonyl (C=O) groups is 4. The van der Waals surface area contributed by atoms with E-state index in [0.29, 0.717) is 5.56 Å². The average molecular weight is 449 g/mol. The van der Waals surface area contributed by atoms with Gasteiger partial charge in [-0.2, -0.15) is 0 Å². The summed E-state index contributed by atoms with van der Waals surface area (Å²) in [6, 6.07) is 0.380. The van der Waals surface area contributed by atoms with Crippen molar-refractivity contribution < 1.29 is 29.0 Å². The highest BCUT2D eigenvalue weighted by Gasteiger charge is 2.43. The van der Waals surface area contributed by atoms with Gasteiger partial charge >= 0.3 is 12.1 Å². The summed E-state index contributed by atoms with van der Waals surface area (Å²) in [6.07, 6.45) is 0.960. The van der Waals surface area contributed by atoms with Crippen LogP contribution < -0.4 is 10.2 Å². The predicted molar refractivity (Wildman–Crippen MR) is 117 cm³/mol. The van der Waals surface area contributed by atoms with Crippen LogP contribution in [-0.2, 0) is 25.5 Å². The lowest BCUT2D eigenvalue weighted by Crippen LogP contribution is -2.58. The highest BCUT2D eigenvalue weighted by molar-refractivity contribution is 6.05. The minimum Gasteiger partial charge on any atom is -0.480 e. The monoisotopic (exact) mass is 448 g/mol. The Morgan fingerprint density at radius 2 is 1.88 bits per heavy atom. The summed E-state index contributed by atoms with van der Waals surface area (Å²) in [6.45, 7) is 10.2. The molecule has 1 aliphatic rings. The van der Waals surface area contributed by atoms with Crippen molar-refractivity contribution in [3.05, 3.63) is 23.9 Å². The molecular formula is C22H32N4O6. The number of ether oxygens (including phenoxy) is 1. The number of fused-ring (bicyclic) bond motifs is 1. The fraction of sp³-hybridized carbons (Fsp3) is 0.591. The molecule has 1 aromatic rings. The Labute approximate surface area is 187 Å². The van der Waals surface area contributed by atoms with Crippen LogP contribution in [0.15, 0.2) is 18.3 Å². The topological polar surface area (TPSA) is 129 Å². The maximum atomic E-state index is 13.4. The van der Waals surface area contributed by atoms with Gasteiger partial charge in [-0.3, -0.25) is 19.4 Å². The lowest BCUT2D eigenvalue weighted by molar-refractivity contribution is -0.140. The number of nitrogens with zero attached hydrogens (tertiary/aromatic N) is 3. The third-order valence-electron chi connectivity index (χ3n) is 5.22. The van der Waals surface area contributed by atoms with E-state index in [1.165, 1.54) is 20.2 Å². The van der Waals surface area contributed by atoms with Gasteiger partial charge in [0.05, 0.1) is 0 Å². The van der Waals surface area contributed by atoms with E-state index < -0.39 is 47.6 Å². The van der Waals surface area contributed by atoms with Crippen molar-refractivity contribution in [1.82, 2.24) is 15.2 Å². The molecule has 0 bridgehead atoms. The molecule has 1 aliphatic heterocycles. The fourth-order valence-electron chi connectivity index (χ4n) is 3.31. The molecule has 32 heavy (non-hydrogen) atoms. The third kappa shape index (κ3) is 5.54. The molecule has 0 aliphatic carbocycles. The van der Waals surface area contributed by atoms with Crippen molar-refractivity contribution in [1.29, 1.82) is 0 Å². The lowest BCUT2D eigenvalue weighted by atomic mass is 10.0. The Balaban J connectivity index is 2.22. The zero-order valence-corrected chi connectivity index (χ0v) is 19.6. The van der Waals surface area contributed by atoms with E-state index >= 15 is 0 Å². The molecule has 2 heterocycles. The van der Waals surface area contributed by atoms with E-state index in [1.807, 2.05) is 0 Å². The summed E-state index contributed by atoms with van der Waals surface area (Å²) >= 11 is 0. The number of anilines is 1. The first-order valence-corrected chi connectivity index (χ1v) is 10.5. The lowest BCUT2D eigenvalue weighted by Gasteiger charge is -2.32. The molecule has 10 nitrogen and oxygen atoms in total. The number of carbonyl (C=O) groups excluding carboxylic acids is 3. The van der Waals surface area contributed by atoms with E-state index in [4.69, 9.17) is 4.74 Å². The molecule has 0 radical (unpaired) electrons. The summed E-state index contributed by atoms with van der Waals surface area (Å²) in [4.78, 5) is 56.9. The van der Waals surface area contributed by atoms with Gasteiger partial charge in [0.25, 0.3) is 5.91 Å². The number of carboxylic acid groups (broad SMARTS) is 1. The van der Waals surface area contributed by atoms with Crippen molar-refractivity contribution in [2.24, 2.45) is 5.92 Å². The molecule has 0 aromatic carbocycles. The van der Waals surface area contributed by atoms with Crippen LogP contribution in [0, 0.1) is 5.92 Å². The van der Waals surface area contributed by atoms with Gasteiger partial charge in [0.15, 0.2) is 0 Å². The predicted octanol–water partition coefficient (Wildman–Crippen LogP) is 1.82. The molecule has 3 amide bonds. The van der Waals surface area contributed by atoms with Crippen LogP contribution in [-0.4, -0.2) is 69.6 Å². The average Bonchev–Trinajstić information content (AvgIpc) is 3.08. The highest BCUT2D eigenvalue weighted by atomic mass is 16.6. The highest BCUT2D eigenvalue weighted by Crippen LogP contribution is 2.31. The second kappa shape index (κ2) is 9.54. The molecule has 3 atom stereocenters. The van der Waals surface area contributed by atoms with Crippen molar-refractivity contribution in [2.75, 3.05) is 11.9 Å². The molecule has 0 saturated heterocycles. The van der Waals surface area contributed by atoms with Crippen LogP contribution in [0.1, 0.15) is 47.1 Å². The fourth-order valence-corrected chi connectivity index (χ4v) is 3.31. The summed E-state index contributed by atoms with van der Waals surface area (Å²) in [7, 11) is 1.44. The van der Waals surface area contributed by atoms with E-state index in [2.05, 4.69) is 10.3 Å². The molecular weight excluding hydrogens is 416 g/mol. The van der Waals surface area contributed by atoms with Crippen LogP contribution in [0.25, 0.3) is 0 Å². The molecule has 0 spiro atoms. The largest absolute Gasteiger partial charge is 0.480 e. The Hall–Kier alpha value is -3.17. The summed E-state index contributed by atoms with van der Waals surface area (Å²) in [5.74, 6) is -2.33. The zero-order chi connectivity index (χ0) is 24.4. The van der Waals surface area contributed by atoms with Crippen molar-refractivity contribution in [2.45, 2.75) is 71.7 Å². The van der Waals surface area contributed by atoms with Crippen LogP contribution >= 0.6 is 0 Å². The minimum absolute atomic E-state index is 0.140. The third-order valence-corrected chi connectivity index (χ3v) is 5.22. The van der Waals surface area contributed by atoms with Crippen LogP contribution in [0.4, 0.5) is 10.6 Å². The summed E-state index contributed by atoms with van der Waals surface area (Å²) in [5.41, 5.74) is -0.0694. The Morgan fingerprint density at radius 1 is 1.25 bits per heavy atom. The first-order valence-electron chi connectivity index (χ1n) is 10.5. The first-order chi connectivity index (χ1) is 14.7. The van der Waals surface area contributed by atoms with Crippen molar-refractivity contribution in [3.8, 4) is 0 Å². The van der Waals surface area contributed by atoms with Crippen LogP contribution in [0.2, 0.25) is 0 Å². The van der Waals surface area contributed by atoms with Gasteiger partial charge in [-0.05, 0) is 45.2 Å². The molecule has 176 valence electrons. The Kier molecular flexibility index (Phi) is 7.48. The molecule has 2 N–H and O–H groups in total. The van der Waals surface area contributed by atoms with E-state index in [-0.39, 0.29) is 18.2 Å². The molecule has 0 saturated carbocycles. The maximum Gasteiger partial charge on any atom is 0.410 e. The second-order valence-electron chi connectivity index (χ2n) is 9.25. The van der Waals surface area contributed by atoms with Gasteiger partial charge in [-0.1, -0.05) is 19.9 Å². The SMILES string of the molecule is CC(C)C(NC(=O)C(C)N(C)C(=O)OC(C)(C)C)C(=O)N1c2ncccc2CC1C(=O)O. The summed E-state index contributed by atoms with van der Waals surface area (Å²) < 4.78 is 5.29. The number of likely N-dealkylation sites (N-methyl/N-ethyl adjacent to an activating group) is 1. The number of hydrogen-bond donors (Lipinski definition) is 2. The Bertz CT molecular complexity index is 895. The number of hydrogen-bond acceptors (Lipinski definition) is 6. The molecule has 2 rings (SSSR count). The first kappa shape index (κ1) is 25.1. The number of nitrogens with one attached hydrogen (secondary N) is 1. The molecule has 1 aromatic heterocycles. The Morgan fingerprint density at radius 3 is 2.41 bits per heavy atom. The molecule has 10 heteroatoms. The van der Waals surface area contributed by atoms with E-state index in [1.54, 1.807) is 46.8 Å². The quantitative estimate of drug-likeness (QED) is 0.679. The van der Waals surface area contributed by atoms with E-state index in [9.17, 15) is 24.3 Å². The smallest absolute Gasteiger partial charge is 0.410 e. The van der Waals surface area contributed by atoms with Crippen LogP contribution in [0.5, 0.6) is 0 Å². The number of amides is 3. The number of pyridine rings is 1. The van der Waals surface area contributed by atoms with Crippen LogP contribution in [0.3, 0.4) is 0 Å². The minimum atomic E-state index is -1.15. The molecule has 3 unspecified atom stereocenters. The van der Waals surface area contributed by atoms with Gasteiger partial charge in [0.1, 0.15) is 29.5 Å². The van der Waals surface area contributed by atoms with Gasteiger partial charge in [-0.25, -0.2) is 14.6 Å². The maximum absolute atomic E-state index is 13.4. The number of aromatic nitrogens is 1. The summed E-state index contributed by atoms with van der Waals surface area (Å²) in [5, 5.41) is 12.3. The van der Waals surface area contributed by atoms with Gasteiger partial charge in [0, 0.05) is 19.7 Å². The van der Waals surface area contributed by atoms with Gasteiger partial charge < -0.3 is 15.2 Å². The number of rotatable bonds is 6. The van der Waals surface area contributed by atoms with E-state index in [0.717, 1.165) is 9.80 Å². The zero-order valence-electron chi connectivity index (χ0n) is 19.6. The number of aliphatic carboxylic acids is 1. The number of carboxylic acids is 1. The molecule has 0 fully saturated rings. The van der Waals surface area contributed by atoms with Crippen molar-refractivity contribution in [3.63, 3.8) is 0 Å². The van der Waals surface area contributed by atoms with Gasteiger partial charge in [-0.15, -0.1) is 0 Å². The normalized spacial score (nSPS) is 17.4. The standard InChI is InChI=1S/C22H32N4O6/c1-12(2)16(24-18(27)13(3)25(7)21(31)32-22(4,5)6)19(28)26-15(20(29)30)11-14-9-8-10-23-17(14)26/h8-10,12-13,15-16H,11H2,1-7H3,(H,24,27)(H,29,30). The van der Waals surface area contributed by atoms with Gasteiger partial charge in [0.2, 0.25) is 5.91 Å². The van der Waals surface area contributed by atoms with Crippen molar-refractivity contribution >= 4 is 29.7 Å². The second-order valence-corrected chi connectivity index (χ2v) is 9.25.